The first-order valence-electron chi connectivity index (χ1n) is 16.6. The Labute approximate surface area is 297 Å². The van der Waals surface area contributed by atoms with Gasteiger partial charge in [0.05, 0.1) is 36.6 Å². The molecule has 0 bridgehead atoms. The first kappa shape index (κ1) is 34.6. The highest BCUT2D eigenvalue weighted by molar-refractivity contribution is 6.08. The number of carbonyl (C=O) groups is 2. The maximum absolute atomic E-state index is 13.8. The van der Waals surface area contributed by atoms with Gasteiger partial charge in [-0.3, -0.25) is 9.59 Å². The lowest BCUT2D eigenvalue weighted by Crippen LogP contribution is -2.51. The van der Waals surface area contributed by atoms with Crippen LogP contribution in [-0.4, -0.2) is 65.0 Å². The van der Waals surface area contributed by atoms with Crippen molar-refractivity contribution in [3.8, 4) is 11.3 Å². The number of aromatic nitrogens is 6. The Balaban J connectivity index is 1.01. The second kappa shape index (κ2) is 13.3. The van der Waals surface area contributed by atoms with E-state index in [1.54, 1.807) is 56.7 Å². The Bertz CT molecular complexity index is 2300. The van der Waals surface area contributed by atoms with Crippen LogP contribution in [0.1, 0.15) is 68.7 Å². The number of ether oxygens (including phenoxy) is 1. The zero-order chi connectivity index (χ0) is 36.8. The van der Waals surface area contributed by atoms with Crippen molar-refractivity contribution in [2.75, 3.05) is 18.4 Å². The number of hydrogen-bond acceptors (Lipinski definition) is 7. The van der Waals surface area contributed by atoms with E-state index in [1.807, 2.05) is 52.0 Å². The van der Waals surface area contributed by atoms with Crippen molar-refractivity contribution in [2.24, 2.45) is 0 Å². The molecule has 2 amide bonds. The Hall–Kier alpha value is -5.89. The van der Waals surface area contributed by atoms with Gasteiger partial charge in [0.15, 0.2) is 5.65 Å². The molecule has 11 nitrogen and oxygen atoms in total. The summed E-state index contributed by atoms with van der Waals surface area (Å²) in [6.07, 6.45) is -1.91. The predicted octanol–water partition coefficient (Wildman–Crippen LogP) is 6.92. The number of fused-ring (bicyclic) bond motifs is 1. The fourth-order valence-electron chi connectivity index (χ4n) is 6.46. The van der Waals surface area contributed by atoms with Gasteiger partial charge in [0, 0.05) is 34.7 Å². The predicted molar refractivity (Wildman–Crippen MR) is 187 cm³/mol. The molecule has 14 heteroatoms. The summed E-state index contributed by atoms with van der Waals surface area (Å²) in [6, 6.07) is 21.3. The van der Waals surface area contributed by atoms with Crippen LogP contribution in [-0.2, 0) is 17.5 Å². The first-order chi connectivity index (χ1) is 24.7. The lowest BCUT2D eigenvalue weighted by Gasteiger charge is -2.43. The number of nitrogens with one attached hydrogen (secondary N) is 1. The summed E-state index contributed by atoms with van der Waals surface area (Å²) in [7, 11) is 0. The van der Waals surface area contributed by atoms with Gasteiger partial charge in [0.2, 0.25) is 0 Å². The minimum atomic E-state index is -4.49. The molecule has 1 unspecified atom stereocenters. The lowest BCUT2D eigenvalue weighted by atomic mass is 9.98. The molecule has 3 aromatic heterocycles. The molecule has 0 spiro atoms. The minimum absolute atomic E-state index is 0.111. The Kier molecular flexibility index (Phi) is 8.87. The molecule has 1 aliphatic heterocycles. The molecule has 1 N–H and O–H groups in total. The van der Waals surface area contributed by atoms with Gasteiger partial charge in [0.25, 0.3) is 11.8 Å². The zero-order valence-electron chi connectivity index (χ0n) is 28.8. The summed E-state index contributed by atoms with van der Waals surface area (Å²) < 4.78 is 49.7. The van der Waals surface area contributed by atoms with Gasteiger partial charge in [-0.2, -0.15) is 18.3 Å². The summed E-state index contributed by atoms with van der Waals surface area (Å²) in [5, 5.41) is 15.8. The second-order valence-electron chi connectivity index (χ2n) is 13.5. The maximum Gasteiger partial charge on any atom is 0.416 e. The number of alkyl halides is 3. The van der Waals surface area contributed by atoms with Crippen LogP contribution in [0.25, 0.3) is 16.9 Å². The molecule has 3 aromatic carbocycles. The molecule has 52 heavy (non-hydrogen) atoms. The number of morpholine rings is 1. The Morgan fingerprint density at radius 1 is 1.00 bits per heavy atom. The molecule has 0 saturated carbocycles. The molecule has 4 heterocycles. The smallest absolute Gasteiger partial charge is 0.364 e. The highest BCUT2D eigenvalue weighted by Crippen LogP contribution is 2.35. The second-order valence-corrected chi connectivity index (χ2v) is 13.5. The van der Waals surface area contributed by atoms with Gasteiger partial charge >= 0.3 is 6.18 Å². The van der Waals surface area contributed by atoms with Crippen LogP contribution in [0.2, 0.25) is 0 Å². The van der Waals surface area contributed by atoms with Crippen molar-refractivity contribution in [1.29, 1.82) is 0 Å². The third-order valence-corrected chi connectivity index (χ3v) is 8.81. The average Bonchev–Trinajstić information content (AvgIpc) is 3.75. The van der Waals surface area contributed by atoms with Crippen LogP contribution in [0, 0.1) is 13.8 Å². The summed E-state index contributed by atoms with van der Waals surface area (Å²) in [6.45, 7) is 8.14. The minimum Gasteiger partial charge on any atom is -0.364 e. The normalized spacial score (nSPS) is 15.9. The zero-order valence-corrected chi connectivity index (χ0v) is 28.8. The lowest BCUT2D eigenvalue weighted by molar-refractivity contribution is -0.138. The number of anilines is 1. The number of carbonyl (C=O) groups excluding carboxylic acids is 2. The number of benzene rings is 3. The summed E-state index contributed by atoms with van der Waals surface area (Å²) in [5.41, 5.74) is 4.63. The van der Waals surface area contributed by atoms with E-state index in [-0.39, 0.29) is 24.9 Å². The van der Waals surface area contributed by atoms with E-state index in [1.165, 1.54) is 12.3 Å². The molecule has 1 fully saturated rings. The number of amides is 2. The quantitative estimate of drug-likeness (QED) is 0.191. The van der Waals surface area contributed by atoms with Crippen LogP contribution in [0.5, 0.6) is 0 Å². The molecular formula is C38H35F3N8O3. The van der Waals surface area contributed by atoms with Crippen LogP contribution in [0.15, 0.2) is 91.3 Å². The number of hydrogen-bond donors (Lipinski definition) is 1. The monoisotopic (exact) mass is 708 g/mol. The van der Waals surface area contributed by atoms with Crippen molar-refractivity contribution >= 4 is 23.1 Å². The summed E-state index contributed by atoms with van der Waals surface area (Å²) >= 11 is 0. The van der Waals surface area contributed by atoms with Gasteiger partial charge in [-0.05, 0) is 81.3 Å². The Morgan fingerprint density at radius 2 is 1.77 bits per heavy atom. The maximum atomic E-state index is 13.8. The fourth-order valence-corrected chi connectivity index (χ4v) is 6.46. The van der Waals surface area contributed by atoms with E-state index in [0.29, 0.717) is 40.3 Å². The topological polar surface area (TPSA) is 120 Å². The molecule has 1 saturated heterocycles. The van der Waals surface area contributed by atoms with Crippen molar-refractivity contribution < 1.29 is 27.5 Å². The number of aryl methyl sites for hydroxylation is 2. The number of halogens is 3. The van der Waals surface area contributed by atoms with Gasteiger partial charge in [0.1, 0.15) is 17.4 Å². The van der Waals surface area contributed by atoms with Gasteiger partial charge in [-0.15, -0.1) is 5.10 Å². The van der Waals surface area contributed by atoms with E-state index in [4.69, 9.17) is 4.74 Å². The summed E-state index contributed by atoms with van der Waals surface area (Å²) in [4.78, 5) is 32.9. The van der Waals surface area contributed by atoms with Crippen LogP contribution in [0.3, 0.4) is 0 Å². The third-order valence-electron chi connectivity index (χ3n) is 8.81. The van der Waals surface area contributed by atoms with E-state index in [9.17, 15) is 22.8 Å². The van der Waals surface area contributed by atoms with Crippen LogP contribution < -0.4 is 5.32 Å². The van der Waals surface area contributed by atoms with Crippen molar-refractivity contribution in [1.82, 2.24) is 34.5 Å². The highest BCUT2D eigenvalue weighted by atomic mass is 19.4. The summed E-state index contributed by atoms with van der Waals surface area (Å²) in [5.74, 6) is -0.565. The largest absolute Gasteiger partial charge is 0.416 e. The molecule has 1 atom stereocenters. The average molecular weight is 709 g/mol. The molecule has 0 aliphatic carbocycles. The highest BCUT2D eigenvalue weighted by Gasteiger charge is 2.38. The van der Waals surface area contributed by atoms with Crippen LogP contribution >= 0.6 is 0 Å². The van der Waals surface area contributed by atoms with Crippen molar-refractivity contribution in [2.45, 2.75) is 52.1 Å². The number of rotatable bonds is 7. The van der Waals surface area contributed by atoms with E-state index >= 15 is 0 Å². The molecule has 1 aliphatic rings. The standard InChI is InChI=1S/C38H35F3N8O3/c1-23-15-24(2)49-34(43-23)31(18-42-49)35(50)44-30-13-11-26(12-14-30)32-20-48(46-45-32)19-25-7-5-9-28(16-25)36(51)47-21-33(52-37(3,4)22-47)27-8-6-10-29(17-27)38(39,40)41/h5-18,20,33H,19,21-22H2,1-4H3,(H,44,50). The molecule has 266 valence electrons. The van der Waals surface area contributed by atoms with Gasteiger partial charge in [-0.25, -0.2) is 14.2 Å². The SMILES string of the molecule is Cc1cc(C)n2ncc(C(=O)Nc3ccc(-c4cn(Cc5cccc(C(=O)N6CC(c7cccc(C(F)(F)F)c7)OC(C)(C)C6)c5)nn4)cc3)c2n1. The van der Waals surface area contributed by atoms with E-state index < -0.39 is 23.4 Å². The fraction of sp³-hybridized carbons (Fsp3) is 0.263. The first-order valence-corrected chi connectivity index (χ1v) is 16.6. The Morgan fingerprint density at radius 3 is 2.54 bits per heavy atom. The van der Waals surface area contributed by atoms with E-state index in [0.717, 1.165) is 34.6 Å². The molecule has 6 aromatic rings. The third kappa shape index (κ3) is 7.28. The van der Waals surface area contributed by atoms with Crippen molar-refractivity contribution in [3.05, 3.63) is 130 Å². The van der Waals surface area contributed by atoms with Crippen molar-refractivity contribution in [3.63, 3.8) is 0 Å². The van der Waals surface area contributed by atoms with E-state index in [2.05, 4.69) is 25.7 Å². The molecule has 0 radical (unpaired) electrons. The number of nitrogens with zero attached hydrogens (tertiary/aromatic N) is 7. The van der Waals surface area contributed by atoms with Gasteiger partial charge in [-0.1, -0.05) is 41.6 Å². The molecule has 7 rings (SSSR count). The van der Waals surface area contributed by atoms with Crippen LogP contribution in [0.4, 0.5) is 18.9 Å². The molecular weight excluding hydrogens is 673 g/mol. The van der Waals surface area contributed by atoms with Gasteiger partial charge < -0.3 is 15.0 Å².